The van der Waals surface area contributed by atoms with Gasteiger partial charge in [0.25, 0.3) is 0 Å². The van der Waals surface area contributed by atoms with Crippen LogP contribution in [0, 0.1) is 5.92 Å². The standard InChI is InChI=1S/C24H49N3O2/c1-5-6-7-8-9-10-11-12-13-15-18-22(28)27(4)23(21(2)3)24(29)26-20-17-14-16-19-25/h21,23H,5-20,25H2,1-4H3,(H,26,29). The highest BCUT2D eigenvalue weighted by molar-refractivity contribution is 5.87. The molecule has 0 aliphatic heterocycles. The molecule has 0 aliphatic carbocycles. The van der Waals surface area contributed by atoms with Crippen molar-refractivity contribution in [2.45, 2.75) is 117 Å². The van der Waals surface area contributed by atoms with Crippen LogP contribution in [-0.2, 0) is 9.59 Å². The average Bonchev–Trinajstić information content (AvgIpc) is 2.68. The predicted molar refractivity (Wildman–Crippen MR) is 124 cm³/mol. The van der Waals surface area contributed by atoms with E-state index in [-0.39, 0.29) is 23.8 Å². The van der Waals surface area contributed by atoms with Crippen LogP contribution in [0.25, 0.3) is 0 Å². The summed E-state index contributed by atoms with van der Waals surface area (Å²) in [6.07, 6.45) is 16.1. The van der Waals surface area contributed by atoms with Crippen molar-refractivity contribution >= 4 is 11.8 Å². The van der Waals surface area contributed by atoms with Gasteiger partial charge in [-0.15, -0.1) is 0 Å². The number of rotatable bonds is 19. The third kappa shape index (κ3) is 14.5. The zero-order chi connectivity index (χ0) is 21.9. The fraction of sp³-hybridized carbons (Fsp3) is 0.917. The molecular formula is C24H49N3O2. The van der Waals surface area contributed by atoms with Crippen molar-refractivity contribution in [3.8, 4) is 0 Å². The highest BCUT2D eigenvalue weighted by Gasteiger charge is 2.29. The van der Waals surface area contributed by atoms with E-state index in [0.717, 1.165) is 32.1 Å². The van der Waals surface area contributed by atoms with Crippen LogP contribution < -0.4 is 11.1 Å². The van der Waals surface area contributed by atoms with Gasteiger partial charge in [0, 0.05) is 20.0 Å². The summed E-state index contributed by atoms with van der Waals surface area (Å²) < 4.78 is 0. The molecule has 5 heteroatoms. The molecule has 0 aromatic carbocycles. The van der Waals surface area contributed by atoms with Crippen LogP contribution in [0.5, 0.6) is 0 Å². The van der Waals surface area contributed by atoms with E-state index < -0.39 is 0 Å². The molecule has 0 heterocycles. The van der Waals surface area contributed by atoms with Gasteiger partial charge in [0.05, 0.1) is 0 Å². The molecule has 0 spiro atoms. The summed E-state index contributed by atoms with van der Waals surface area (Å²) >= 11 is 0. The van der Waals surface area contributed by atoms with E-state index in [0.29, 0.717) is 19.5 Å². The quantitative estimate of drug-likeness (QED) is 0.293. The van der Waals surface area contributed by atoms with Crippen LogP contribution in [-0.4, -0.2) is 42.9 Å². The van der Waals surface area contributed by atoms with Gasteiger partial charge in [-0.25, -0.2) is 0 Å². The number of nitrogens with one attached hydrogen (secondary N) is 1. The van der Waals surface area contributed by atoms with Crippen molar-refractivity contribution < 1.29 is 9.59 Å². The Kier molecular flexibility index (Phi) is 18.2. The zero-order valence-corrected chi connectivity index (χ0v) is 19.8. The van der Waals surface area contributed by atoms with E-state index in [1.54, 1.807) is 11.9 Å². The van der Waals surface area contributed by atoms with Gasteiger partial charge in [-0.1, -0.05) is 85.0 Å². The SMILES string of the molecule is CCCCCCCCCCCCC(=O)N(C)C(C(=O)NCCCCCN)C(C)C. The monoisotopic (exact) mass is 411 g/mol. The van der Waals surface area contributed by atoms with Crippen molar-refractivity contribution in [1.29, 1.82) is 0 Å². The lowest BCUT2D eigenvalue weighted by molar-refractivity contribution is -0.140. The summed E-state index contributed by atoms with van der Waals surface area (Å²) in [5.74, 6) is 0.147. The van der Waals surface area contributed by atoms with Crippen LogP contribution >= 0.6 is 0 Å². The fourth-order valence-corrected chi connectivity index (χ4v) is 3.78. The van der Waals surface area contributed by atoms with Gasteiger partial charge >= 0.3 is 0 Å². The number of hydrogen-bond acceptors (Lipinski definition) is 3. The molecular weight excluding hydrogens is 362 g/mol. The summed E-state index contributed by atoms with van der Waals surface area (Å²) in [5, 5.41) is 2.99. The molecule has 0 bridgehead atoms. The number of nitrogens with two attached hydrogens (primary N) is 1. The van der Waals surface area contributed by atoms with Gasteiger partial charge in [0.1, 0.15) is 6.04 Å². The van der Waals surface area contributed by atoms with Gasteiger partial charge in [0.2, 0.25) is 11.8 Å². The topological polar surface area (TPSA) is 75.4 Å². The second kappa shape index (κ2) is 18.9. The highest BCUT2D eigenvalue weighted by Crippen LogP contribution is 2.14. The van der Waals surface area contributed by atoms with E-state index in [1.165, 1.54) is 51.4 Å². The maximum Gasteiger partial charge on any atom is 0.243 e. The molecule has 0 rings (SSSR count). The second-order valence-corrected chi connectivity index (χ2v) is 8.77. The van der Waals surface area contributed by atoms with Gasteiger partial charge in [-0.3, -0.25) is 9.59 Å². The summed E-state index contributed by atoms with van der Waals surface area (Å²) in [5.41, 5.74) is 5.50. The minimum absolute atomic E-state index is 0.0355. The summed E-state index contributed by atoms with van der Waals surface area (Å²) in [4.78, 5) is 26.8. The number of carbonyl (C=O) groups is 2. The second-order valence-electron chi connectivity index (χ2n) is 8.77. The molecule has 1 atom stereocenters. The Hall–Kier alpha value is -1.10. The molecule has 0 radical (unpaired) electrons. The Morgan fingerprint density at radius 2 is 1.34 bits per heavy atom. The molecule has 172 valence electrons. The maximum atomic E-state index is 12.6. The van der Waals surface area contributed by atoms with Crippen LogP contribution in [0.3, 0.4) is 0 Å². The molecule has 0 saturated carbocycles. The lowest BCUT2D eigenvalue weighted by Gasteiger charge is -2.30. The van der Waals surface area contributed by atoms with Crippen molar-refractivity contribution in [2.75, 3.05) is 20.1 Å². The third-order valence-corrected chi connectivity index (χ3v) is 5.64. The molecule has 0 aromatic rings. The fourth-order valence-electron chi connectivity index (χ4n) is 3.78. The third-order valence-electron chi connectivity index (χ3n) is 5.64. The molecule has 0 saturated heterocycles. The maximum absolute atomic E-state index is 12.6. The van der Waals surface area contributed by atoms with E-state index in [4.69, 9.17) is 5.73 Å². The van der Waals surface area contributed by atoms with Crippen molar-refractivity contribution in [2.24, 2.45) is 11.7 Å². The van der Waals surface area contributed by atoms with Gasteiger partial charge < -0.3 is 16.0 Å². The molecule has 5 nitrogen and oxygen atoms in total. The van der Waals surface area contributed by atoms with Gasteiger partial charge in [-0.05, 0) is 31.7 Å². The van der Waals surface area contributed by atoms with E-state index in [1.807, 2.05) is 13.8 Å². The lowest BCUT2D eigenvalue weighted by atomic mass is 10.0. The number of unbranched alkanes of at least 4 members (excludes halogenated alkanes) is 11. The summed E-state index contributed by atoms with van der Waals surface area (Å²) in [7, 11) is 1.78. The molecule has 1 unspecified atom stereocenters. The largest absolute Gasteiger partial charge is 0.354 e. The molecule has 0 fully saturated rings. The molecule has 3 N–H and O–H groups in total. The van der Waals surface area contributed by atoms with Gasteiger partial charge in [0.15, 0.2) is 0 Å². The van der Waals surface area contributed by atoms with Crippen LogP contribution in [0.2, 0.25) is 0 Å². The average molecular weight is 412 g/mol. The molecule has 0 aromatic heterocycles. The van der Waals surface area contributed by atoms with Crippen molar-refractivity contribution in [3.05, 3.63) is 0 Å². The van der Waals surface area contributed by atoms with Crippen LogP contribution in [0.15, 0.2) is 0 Å². The number of likely N-dealkylation sites (N-methyl/N-ethyl adjacent to an activating group) is 1. The Bertz CT molecular complexity index is 413. The Morgan fingerprint density at radius 1 is 0.828 bits per heavy atom. The lowest BCUT2D eigenvalue weighted by Crippen LogP contribution is -2.50. The predicted octanol–water partition coefficient (Wildman–Crippen LogP) is 5.03. The summed E-state index contributed by atoms with van der Waals surface area (Å²) in [6, 6.07) is -0.389. The molecule has 2 amide bonds. The minimum atomic E-state index is -0.389. The van der Waals surface area contributed by atoms with E-state index in [2.05, 4.69) is 12.2 Å². The van der Waals surface area contributed by atoms with E-state index >= 15 is 0 Å². The normalized spacial score (nSPS) is 12.2. The first-order valence-corrected chi connectivity index (χ1v) is 12.2. The first-order chi connectivity index (χ1) is 14.0. The number of hydrogen-bond donors (Lipinski definition) is 2. The first kappa shape index (κ1) is 27.9. The highest BCUT2D eigenvalue weighted by atomic mass is 16.2. The van der Waals surface area contributed by atoms with E-state index in [9.17, 15) is 9.59 Å². The first-order valence-electron chi connectivity index (χ1n) is 12.2. The number of carbonyl (C=O) groups excluding carboxylic acids is 2. The Balaban J connectivity index is 4.03. The summed E-state index contributed by atoms with van der Waals surface area (Å²) in [6.45, 7) is 7.60. The number of nitrogens with zero attached hydrogens (tertiary/aromatic N) is 1. The zero-order valence-electron chi connectivity index (χ0n) is 19.8. The van der Waals surface area contributed by atoms with Crippen molar-refractivity contribution in [1.82, 2.24) is 10.2 Å². The smallest absolute Gasteiger partial charge is 0.243 e. The Morgan fingerprint density at radius 3 is 1.86 bits per heavy atom. The molecule has 29 heavy (non-hydrogen) atoms. The van der Waals surface area contributed by atoms with Gasteiger partial charge in [-0.2, -0.15) is 0 Å². The Labute approximate surface area is 180 Å². The minimum Gasteiger partial charge on any atom is -0.354 e. The van der Waals surface area contributed by atoms with Crippen molar-refractivity contribution in [3.63, 3.8) is 0 Å². The number of amides is 2. The molecule has 0 aliphatic rings. The van der Waals surface area contributed by atoms with Crippen LogP contribution in [0.4, 0.5) is 0 Å². The van der Waals surface area contributed by atoms with Crippen LogP contribution in [0.1, 0.15) is 111 Å².